The van der Waals surface area contributed by atoms with E-state index in [4.69, 9.17) is 9.47 Å². The van der Waals surface area contributed by atoms with Gasteiger partial charge in [0.05, 0.1) is 19.3 Å². The van der Waals surface area contributed by atoms with E-state index in [0.29, 0.717) is 26.2 Å². The average molecular weight is 247 g/mol. The zero-order valence-electron chi connectivity index (χ0n) is 11.1. The molecule has 0 saturated carbocycles. The number of hydrogen-bond donors (Lipinski definition) is 2. The summed E-state index contributed by atoms with van der Waals surface area (Å²) in [7, 11) is 1.55. The van der Waals surface area contributed by atoms with Crippen molar-refractivity contribution in [1.29, 1.82) is 0 Å². The van der Waals surface area contributed by atoms with Crippen LogP contribution in [-0.2, 0) is 14.3 Å². The molecule has 0 spiro atoms. The molecule has 102 valence electrons. The number of aliphatic hydroxyl groups is 1. The molecule has 0 heterocycles. The fraction of sp³-hybridized carbons (Fsp3) is 0.917. The van der Waals surface area contributed by atoms with Gasteiger partial charge in [-0.1, -0.05) is 13.3 Å². The monoisotopic (exact) mass is 247 g/mol. The van der Waals surface area contributed by atoms with Crippen molar-refractivity contribution >= 4 is 5.97 Å². The number of carbonyl (C=O) groups excluding carboxylic acids is 1. The van der Waals surface area contributed by atoms with Crippen LogP contribution < -0.4 is 5.32 Å². The SMILES string of the molecule is CCCC(NCCC(O)COC)C(=O)OCC. The predicted octanol–water partition coefficient (Wildman–Crippen LogP) is 0.705. The Bertz CT molecular complexity index is 199. The quantitative estimate of drug-likeness (QED) is 0.556. The van der Waals surface area contributed by atoms with E-state index in [-0.39, 0.29) is 12.0 Å². The summed E-state index contributed by atoms with van der Waals surface area (Å²) >= 11 is 0. The van der Waals surface area contributed by atoms with Crippen molar-refractivity contribution < 1.29 is 19.4 Å². The smallest absolute Gasteiger partial charge is 0.323 e. The van der Waals surface area contributed by atoms with Gasteiger partial charge >= 0.3 is 5.97 Å². The van der Waals surface area contributed by atoms with E-state index >= 15 is 0 Å². The Labute approximate surface area is 103 Å². The van der Waals surface area contributed by atoms with E-state index in [1.54, 1.807) is 14.0 Å². The molecule has 5 nitrogen and oxygen atoms in total. The van der Waals surface area contributed by atoms with Gasteiger partial charge in [0.25, 0.3) is 0 Å². The van der Waals surface area contributed by atoms with Crippen LogP contribution in [0.2, 0.25) is 0 Å². The Morgan fingerprint density at radius 1 is 1.35 bits per heavy atom. The number of ether oxygens (including phenoxy) is 2. The maximum Gasteiger partial charge on any atom is 0.323 e. The maximum atomic E-state index is 11.6. The van der Waals surface area contributed by atoms with E-state index in [1.807, 2.05) is 6.92 Å². The number of carbonyl (C=O) groups is 1. The highest BCUT2D eigenvalue weighted by Crippen LogP contribution is 2.00. The normalized spacial score (nSPS) is 14.4. The molecule has 0 aliphatic rings. The van der Waals surface area contributed by atoms with E-state index in [2.05, 4.69) is 5.32 Å². The fourth-order valence-corrected chi connectivity index (χ4v) is 1.53. The fourth-order valence-electron chi connectivity index (χ4n) is 1.53. The zero-order valence-corrected chi connectivity index (χ0v) is 11.1. The predicted molar refractivity (Wildman–Crippen MR) is 65.8 cm³/mol. The second kappa shape index (κ2) is 10.5. The van der Waals surface area contributed by atoms with E-state index < -0.39 is 6.10 Å². The van der Waals surface area contributed by atoms with Gasteiger partial charge < -0.3 is 19.9 Å². The molecule has 0 saturated heterocycles. The van der Waals surface area contributed by atoms with E-state index in [9.17, 15) is 9.90 Å². The Morgan fingerprint density at radius 2 is 2.06 bits per heavy atom. The summed E-state index contributed by atoms with van der Waals surface area (Å²) < 4.78 is 9.80. The first-order valence-corrected chi connectivity index (χ1v) is 6.22. The lowest BCUT2D eigenvalue weighted by atomic mass is 10.1. The molecule has 2 N–H and O–H groups in total. The second-order valence-electron chi connectivity index (χ2n) is 3.95. The molecule has 2 unspecified atom stereocenters. The number of methoxy groups -OCH3 is 1. The van der Waals surface area contributed by atoms with Crippen molar-refractivity contribution in [2.75, 3.05) is 26.9 Å². The Hall–Kier alpha value is -0.650. The first-order valence-electron chi connectivity index (χ1n) is 6.22. The highest BCUT2D eigenvalue weighted by Gasteiger charge is 2.18. The average Bonchev–Trinajstić information content (AvgIpc) is 2.28. The van der Waals surface area contributed by atoms with Gasteiger partial charge in [0, 0.05) is 7.11 Å². The topological polar surface area (TPSA) is 67.8 Å². The highest BCUT2D eigenvalue weighted by atomic mass is 16.5. The van der Waals surface area contributed by atoms with Crippen LogP contribution in [0.25, 0.3) is 0 Å². The summed E-state index contributed by atoms with van der Waals surface area (Å²) in [6.45, 7) is 5.11. The lowest BCUT2D eigenvalue weighted by Crippen LogP contribution is -2.39. The van der Waals surface area contributed by atoms with Crippen LogP contribution in [0.5, 0.6) is 0 Å². The molecule has 0 rings (SSSR count). The first-order chi connectivity index (χ1) is 8.15. The minimum atomic E-state index is -0.489. The Kier molecular flexibility index (Phi) is 10.1. The second-order valence-corrected chi connectivity index (χ2v) is 3.95. The lowest BCUT2D eigenvalue weighted by molar-refractivity contribution is -0.145. The summed E-state index contributed by atoms with van der Waals surface area (Å²) in [5.74, 6) is -0.212. The van der Waals surface area contributed by atoms with E-state index in [1.165, 1.54) is 0 Å². The number of rotatable bonds is 10. The minimum absolute atomic E-state index is 0.212. The van der Waals surface area contributed by atoms with Gasteiger partial charge in [0.1, 0.15) is 6.04 Å². The van der Waals surface area contributed by atoms with Crippen molar-refractivity contribution in [3.63, 3.8) is 0 Å². The number of esters is 1. The first kappa shape index (κ1) is 16.4. The van der Waals surface area contributed by atoms with Crippen LogP contribution in [0.1, 0.15) is 33.1 Å². The van der Waals surface area contributed by atoms with Crippen LogP contribution in [0.15, 0.2) is 0 Å². The summed E-state index contributed by atoms with van der Waals surface area (Å²) in [4.78, 5) is 11.6. The van der Waals surface area contributed by atoms with Crippen LogP contribution in [0.3, 0.4) is 0 Å². The molecule has 0 bridgehead atoms. The van der Waals surface area contributed by atoms with Gasteiger partial charge in [-0.3, -0.25) is 4.79 Å². The van der Waals surface area contributed by atoms with Crippen molar-refractivity contribution in [2.45, 2.75) is 45.3 Å². The molecule has 0 radical (unpaired) electrons. The number of nitrogens with one attached hydrogen (secondary N) is 1. The van der Waals surface area contributed by atoms with Crippen molar-refractivity contribution in [2.24, 2.45) is 0 Å². The third-order valence-electron chi connectivity index (χ3n) is 2.38. The largest absolute Gasteiger partial charge is 0.465 e. The zero-order chi connectivity index (χ0) is 13.1. The van der Waals surface area contributed by atoms with Gasteiger partial charge in [-0.05, 0) is 26.3 Å². The van der Waals surface area contributed by atoms with Crippen molar-refractivity contribution in [1.82, 2.24) is 5.32 Å². The third-order valence-corrected chi connectivity index (χ3v) is 2.38. The third kappa shape index (κ3) is 8.12. The summed E-state index contributed by atoms with van der Waals surface area (Å²) in [5.41, 5.74) is 0. The molecule has 0 aromatic carbocycles. The molecule has 0 aromatic rings. The lowest BCUT2D eigenvalue weighted by Gasteiger charge is -2.17. The van der Waals surface area contributed by atoms with E-state index in [0.717, 1.165) is 12.8 Å². The molecule has 2 atom stereocenters. The van der Waals surface area contributed by atoms with Crippen LogP contribution in [-0.4, -0.2) is 50.1 Å². The molecule has 0 aliphatic carbocycles. The van der Waals surface area contributed by atoms with Crippen LogP contribution in [0, 0.1) is 0 Å². The van der Waals surface area contributed by atoms with Gasteiger partial charge in [-0.15, -0.1) is 0 Å². The Morgan fingerprint density at radius 3 is 2.59 bits per heavy atom. The summed E-state index contributed by atoms with van der Waals surface area (Å²) in [6, 6.07) is -0.269. The molecule has 17 heavy (non-hydrogen) atoms. The maximum absolute atomic E-state index is 11.6. The minimum Gasteiger partial charge on any atom is -0.465 e. The summed E-state index contributed by atoms with van der Waals surface area (Å²) in [6.07, 6.45) is 1.74. The highest BCUT2D eigenvalue weighted by molar-refractivity contribution is 5.75. The van der Waals surface area contributed by atoms with Gasteiger partial charge in [-0.25, -0.2) is 0 Å². The summed E-state index contributed by atoms with van der Waals surface area (Å²) in [5, 5.41) is 12.6. The molecule has 0 fully saturated rings. The van der Waals surface area contributed by atoms with Gasteiger partial charge in [-0.2, -0.15) is 0 Å². The molecule has 0 amide bonds. The molecule has 5 heteroatoms. The Balaban J connectivity index is 3.87. The van der Waals surface area contributed by atoms with Crippen LogP contribution in [0.4, 0.5) is 0 Å². The number of aliphatic hydroxyl groups excluding tert-OH is 1. The van der Waals surface area contributed by atoms with Gasteiger partial charge in [0.2, 0.25) is 0 Å². The van der Waals surface area contributed by atoms with Crippen molar-refractivity contribution in [3.8, 4) is 0 Å². The molecular formula is C12H25NO4. The van der Waals surface area contributed by atoms with Crippen LogP contribution >= 0.6 is 0 Å². The molecule has 0 aromatic heterocycles. The van der Waals surface area contributed by atoms with Crippen molar-refractivity contribution in [3.05, 3.63) is 0 Å². The standard InChI is InChI=1S/C12H25NO4/c1-4-6-11(12(15)17-5-2)13-8-7-10(14)9-16-3/h10-11,13-14H,4-9H2,1-3H3. The molecule has 0 aliphatic heterocycles. The number of hydrogen-bond acceptors (Lipinski definition) is 5. The van der Waals surface area contributed by atoms with Gasteiger partial charge in [0.15, 0.2) is 0 Å². The molecular weight excluding hydrogens is 222 g/mol.